The summed E-state index contributed by atoms with van der Waals surface area (Å²) in [6.45, 7) is 25.3. The van der Waals surface area contributed by atoms with Gasteiger partial charge in [-0.1, -0.05) is 39.0 Å². The number of hydrogen-bond acceptors (Lipinski definition) is 6. The molecule has 8 heteroatoms. The van der Waals surface area contributed by atoms with Crippen LogP contribution in [0, 0.1) is 29.6 Å². The minimum absolute atomic E-state index is 0.139. The molecule has 48 heavy (non-hydrogen) atoms. The van der Waals surface area contributed by atoms with Crippen molar-refractivity contribution in [2.45, 2.75) is 197 Å². The average molecular weight is 715 g/mol. The predicted octanol–water partition coefficient (Wildman–Crippen LogP) is 9.88. The molecular formula is C40H84Al2O6. The molecule has 0 fully saturated rings. The van der Waals surface area contributed by atoms with Gasteiger partial charge < -0.3 is 10.2 Å². The van der Waals surface area contributed by atoms with Crippen LogP contribution in [0.5, 0.6) is 0 Å². The van der Waals surface area contributed by atoms with E-state index in [0.29, 0.717) is 6.42 Å². The molecule has 0 aliphatic heterocycles. The second kappa shape index (κ2) is 44.0. The molecular weight excluding hydrogens is 630 g/mol. The second-order valence-corrected chi connectivity index (χ2v) is 15.6. The first-order chi connectivity index (χ1) is 23.3. The molecule has 6 nitrogen and oxygen atoms in total. The molecule has 0 amide bonds. The molecule has 0 aliphatic rings. The van der Waals surface area contributed by atoms with Crippen LogP contribution in [0.2, 0.25) is 0 Å². The van der Waals surface area contributed by atoms with E-state index in [0.717, 1.165) is 62.9 Å². The molecule has 6 atom stereocenters. The molecule has 0 radical (unpaired) electrons. The van der Waals surface area contributed by atoms with Crippen molar-refractivity contribution in [3.05, 3.63) is 0 Å². The SMILES string of the molecule is CCCC([O-])C(CC)C[O-].CCCCC(CC)C[O][Al+][O]CC(CC)CCCC.CCCCC(CC)C[O][Al+][O]CC(CC)CCCC. The topological polar surface area (TPSA) is 83.0 Å². The van der Waals surface area contributed by atoms with Gasteiger partial charge in [-0.2, -0.15) is 0 Å². The van der Waals surface area contributed by atoms with Crippen molar-refractivity contribution in [3.63, 3.8) is 0 Å². The summed E-state index contributed by atoms with van der Waals surface area (Å²) in [6, 6.07) is 0. The van der Waals surface area contributed by atoms with Crippen molar-refractivity contribution >= 4 is 31.8 Å². The van der Waals surface area contributed by atoms with Crippen molar-refractivity contribution in [2.24, 2.45) is 29.6 Å². The summed E-state index contributed by atoms with van der Waals surface area (Å²) < 4.78 is 23.0. The summed E-state index contributed by atoms with van der Waals surface area (Å²) in [5.74, 6) is 2.80. The van der Waals surface area contributed by atoms with Gasteiger partial charge in [-0.15, -0.1) is 12.7 Å². The standard InChI is InChI=1S/C8H16O2.4C8H17O.2Al/c1-3-5-8(10)7(4-2)6-9;4*1-3-5-6-8(4-2)7-9;;/h7-8H,3-6H2,1-2H3;4*8H,3-7H2,1-2H3;;/q-2;4*-1;2*+3. The molecule has 0 bridgehead atoms. The Morgan fingerprint density at radius 2 is 0.708 bits per heavy atom. The first-order valence-corrected chi connectivity index (χ1v) is 22.5. The van der Waals surface area contributed by atoms with Crippen molar-refractivity contribution in [3.8, 4) is 0 Å². The number of hydrogen-bond donors (Lipinski definition) is 0. The van der Waals surface area contributed by atoms with Gasteiger partial charge in [0.1, 0.15) is 0 Å². The maximum absolute atomic E-state index is 11.1. The molecule has 0 spiro atoms. The Morgan fingerprint density at radius 3 is 0.896 bits per heavy atom. The molecule has 0 saturated carbocycles. The van der Waals surface area contributed by atoms with Gasteiger partial charge in [-0.25, -0.2) is 0 Å². The monoisotopic (exact) mass is 715 g/mol. The summed E-state index contributed by atoms with van der Waals surface area (Å²) in [5, 5.41) is 21.5. The Bertz CT molecular complexity index is 496. The average Bonchev–Trinajstić information content (AvgIpc) is 3.11. The van der Waals surface area contributed by atoms with Crippen molar-refractivity contribution in [1.29, 1.82) is 0 Å². The minimum atomic E-state index is -0.618. The van der Waals surface area contributed by atoms with Gasteiger partial charge >= 0.3 is 255 Å². The van der Waals surface area contributed by atoms with E-state index in [-0.39, 0.29) is 44.3 Å². The van der Waals surface area contributed by atoms with Crippen molar-refractivity contribution in [1.82, 2.24) is 0 Å². The summed E-state index contributed by atoms with van der Waals surface area (Å²) in [6.07, 6.45) is 22.3. The van der Waals surface area contributed by atoms with Crippen LogP contribution in [0.3, 0.4) is 0 Å². The molecule has 0 N–H and O–H groups in total. The fraction of sp³-hybridized carbons (Fsp3) is 1.00. The Labute approximate surface area is 315 Å². The zero-order chi connectivity index (χ0) is 36.7. The summed E-state index contributed by atoms with van der Waals surface area (Å²) in [4.78, 5) is 0. The molecule has 0 aliphatic carbocycles. The first-order valence-electron chi connectivity index (χ1n) is 20.7. The molecule has 286 valence electrons. The van der Waals surface area contributed by atoms with E-state index >= 15 is 0 Å². The van der Waals surface area contributed by atoms with Crippen LogP contribution in [-0.4, -0.2) is 70.9 Å². The van der Waals surface area contributed by atoms with Crippen LogP contribution < -0.4 is 10.2 Å². The number of unbranched alkanes of at least 4 members (excludes halogenated alkanes) is 4. The van der Waals surface area contributed by atoms with Crippen LogP contribution in [-0.2, 0) is 15.2 Å². The third-order valence-electron chi connectivity index (χ3n) is 9.61. The predicted molar refractivity (Wildman–Crippen MR) is 206 cm³/mol. The van der Waals surface area contributed by atoms with Crippen molar-refractivity contribution < 1.29 is 25.4 Å². The van der Waals surface area contributed by atoms with E-state index in [1.807, 2.05) is 13.8 Å². The fourth-order valence-electron chi connectivity index (χ4n) is 5.40. The van der Waals surface area contributed by atoms with Gasteiger partial charge in [-0.05, 0) is 0 Å². The third kappa shape index (κ3) is 36.6. The molecule has 0 saturated heterocycles. The summed E-state index contributed by atoms with van der Waals surface area (Å²) in [7, 11) is 0. The Kier molecular flexibility index (Phi) is 48.7. The van der Waals surface area contributed by atoms with E-state index in [9.17, 15) is 10.2 Å². The van der Waals surface area contributed by atoms with Gasteiger partial charge in [0.15, 0.2) is 0 Å². The Hall–Kier alpha value is 0.825. The maximum atomic E-state index is 11.1. The van der Waals surface area contributed by atoms with E-state index in [4.69, 9.17) is 15.2 Å². The van der Waals surface area contributed by atoms with Crippen LogP contribution in [0.4, 0.5) is 0 Å². The van der Waals surface area contributed by atoms with Crippen LogP contribution in [0.15, 0.2) is 0 Å². The zero-order valence-electron chi connectivity index (χ0n) is 34.0. The second-order valence-electron chi connectivity index (χ2n) is 13.9. The molecule has 0 aromatic rings. The summed E-state index contributed by atoms with van der Waals surface area (Å²) >= 11 is -0.505. The van der Waals surface area contributed by atoms with Crippen molar-refractivity contribution in [2.75, 3.05) is 33.0 Å². The van der Waals surface area contributed by atoms with Crippen LogP contribution in [0.25, 0.3) is 0 Å². The van der Waals surface area contributed by atoms with Gasteiger partial charge in [0.05, 0.1) is 0 Å². The molecule has 6 unspecified atom stereocenters. The van der Waals surface area contributed by atoms with E-state index in [2.05, 4.69) is 55.4 Å². The number of rotatable bonds is 33. The van der Waals surface area contributed by atoms with Gasteiger partial charge in [0.2, 0.25) is 0 Å². The van der Waals surface area contributed by atoms with Gasteiger partial charge in [-0.3, -0.25) is 0 Å². The molecule has 0 aromatic carbocycles. The third-order valence-corrected chi connectivity index (χ3v) is 10.9. The van der Waals surface area contributed by atoms with Gasteiger partial charge in [0, 0.05) is 0 Å². The van der Waals surface area contributed by atoms with E-state index < -0.39 is 6.10 Å². The quantitative estimate of drug-likeness (QED) is 0.0497. The molecule has 0 rings (SSSR count). The molecule has 0 heterocycles. The Balaban J connectivity index is -0.000000665. The first kappa shape index (κ1) is 53.2. The van der Waals surface area contributed by atoms with Crippen LogP contribution in [0.1, 0.15) is 191 Å². The van der Waals surface area contributed by atoms with E-state index in [1.165, 1.54) is 103 Å². The normalized spacial score (nSPS) is 14.7. The fourth-order valence-corrected chi connectivity index (χ4v) is 6.99. The van der Waals surface area contributed by atoms with E-state index in [1.54, 1.807) is 0 Å². The molecule has 0 aromatic heterocycles. The Morgan fingerprint density at radius 1 is 0.417 bits per heavy atom. The summed E-state index contributed by atoms with van der Waals surface area (Å²) in [5.41, 5.74) is 0. The zero-order valence-corrected chi connectivity index (χ0v) is 36.3. The van der Waals surface area contributed by atoms with Crippen LogP contribution >= 0.6 is 0 Å². The van der Waals surface area contributed by atoms with Gasteiger partial charge in [0.25, 0.3) is 0 Å².